The topological polar surface area (TPSA) is 175 Å². The molecule has 14 nitrogen and oxygen atoms in total. The zero-order valence-electron chi connectivity index (χ0n) is 42.9. The van der Waals surface area contributed by atoms with Crippen molar-refractivity contribution in [3.05, 3.63) is 107 Å². The standard InChI is InChI=1S/C58H68N8O6S2/c1-71-57(69)63-47(23-25-73-3)55(67)65-31-39-7-5-9-41(39)51(65)53-59-45-21-19-37(29-49(45)61-53)43-27-33-11-15-35(43)17-13-34-12-16-36(18-14-33)44(28-34)38-20-22-46-50(30-38)62-54(60-46)52-42-10-6-8-40(42)32-66(52)56(68)48(24-26-74-4)64-58(70)72-2/h11-12,15-16,19-22,27-30,39-42,47-48,51-52H,5-10,13-14,17-18,23-26,31-32H2,1-4H3,(H,59,61)(H,60,62)(H,63,69)(H,64,70). The number of carbonyl (C=O) groups excluding carboxylic acids is 4. The van der Waals surface area contributed by atoms with Crippen LogP contribution in [0.5, 0.6) is 0 Å². The summed E-state index contributed by atoms with van der Waals surface area (Å²) in [6.45, 7) is 1.33. The second kappa shape index (κ2) is 21.7. The molecule has 4 amide bonds. The summed E-state index contributed by atoms with van der Waals surface area (Å²) in [4.78, 5) is 75.2. The number of H-pyrrole nitrogens is 2. The second-order valence-corrected chi connectivity index (χ2v) is 23.2. The lowest BCUT2D eigenvalue weighted by molar-refractivity contribution is -0.135. The van der Waals surface area contributed by atoms with E-state index in [1.165, 1.54) is 47.6 Å². The number of nitrogens with zero attached hydrogens (tertiary/aromatic N) is 4. The molecular formula is C58H68N8O6S2. The van der Waals surface area contributed by atoms with Gasteiger partial charge >= 0.3 is 12.2 Å². The highest BCUT2D eigenvalue weighted by Gasteiger charge is 2.50. The molecule has 6 aliphatic carbocycles. The molecule has 4 N–H and O–H groups in total. The summed E-state index contributed by atoms with van der Waals surface area (Å²) in [5, 5.41) is 5.66. The molecule has 0 radical (unpaired) electrons. The van der Waals surface area contributed by atoms with Crippen molar-refractivity contribution in [1.29, 1.82) is 0 Å². The van der Waals surface area contributed by atoms with Gasteiger partial charge in [0.2, 0.25) is 11.8 Å². The van der Waals surface area contributed by atoms with Crippen LogP contribution < -0.4 is 10.6 Å². The lowest BCUT2D eigenvalue weighted by atomic mass is 9.87. The van der Waals surface area contributed by atoms with Crippen LogP contribution in [0, 0.1) is 23.7 Å². The molecule has 4 aromatic carbocycles. The number of ether oxygens (including phenoxy) is 2. The van der Waals surface area contributed by atoms with Gasteiger partial charge in [-0.15, -0.1) is 0 Å². The minimum atomic E-state index is -0.661. The summed E-state index contributed by atoms with van der Waals surface area (Å²) in [6, 6.07) is 25.4. The van der Waals surface area contributed by atoms with Gasteiger partial charge in [0.05, 0.1) is 48.4 Å². The van der Waals surface area contributed by atoms with E-state index < -0.39 is 24.3 Å². The highest BCUT2D eigenvalue weighted by Crippen LogP contribution is 2.51. The second-order valence-electron chi connectivity index (χ2n) is 21.2. The molecule has 0 spiro atoms. The van der Waals surface area contributed by atoms with E-state index >= 15 is 0 Å². The summed E-state index contributed by atoms with van der Waals surface area (Å²) >= 11 is 3.31. The van der Waals surface area contributed by atoms with Gasteiger partial charge in [0.25, 0.3) is 0 Å². The van der Waals surface area contributed by atoms with Crippen LogP contribution in [0.1, 0.15) is 97.4 Å². The lowest BCUT2D eigenvalue weighted by Crippen LogP contribution is -2.49. The Morgan fingerprint density at radius 3 is 1.47 bits per heavy atom. The average molecular weight is 1040 g/mol. The Hall–Kier alpha value is -6.00. The van der Waals surface area contributed by atoms with E-state index in [0.29, 0.717) is 49.6 Å². The molecule has 6 aromatic rings. The van der Waals surface area contributed by atoms with Gasteiger partial charge in [0, 0.05) is 13.1 Å². The number of aromatic nitrogens is 4. The highest BCUT2D eigenvalue weighted by molar-refractivity contribution is 7.98. The molecule has 4 fully saturated rings. The third-order valence-electron chi connectivity index (χ3n) is 17.0. The minimum Gasteiger partial charge on any atom is -0.453 e. The third kappa shape index (κ3) is 9.88. The number of imidazole rings is 2. The largest absolute Gasteiger partial charge is 0.453 e. The Morgan fingerprint density at radius 2 is 1.05 bits per heavy atom. The van der Waals surface area contributed by atoms with Crippen LogP contribution in [0.2, 0.25) is 0 Å². The Bertz CT molecular complexity index is 2880. The predicted molar refractivity (Wildman–Crippen MR) is 293 cm³/mol. The van der Waals surface area contributed by atoms with Crippen molar-refractivity contribution in [2.75, 3.05) is 51.3 Å². The number of benzene rings is 4. The fraction of sp³-hybridized carbons (Fsp3) is 0.483. The highest BCUT2D eigenvalue weighted by atomic mass is 32.2. The predicted octanol–water partition coefficient (Wildman–Crippen LogP) is 10.2. The molecule has 2 saturated carbocycles. The van der Waals surface area contributed by atoms with Crippen LogP contribution in [-0.2, 0) is 44.7 Å². The molecule has 74 heavy (non-hydrogen) atoms. The SMILES string of the molecule is COC(=O)NC(CCSC)C(=O)N1CC2CCCC2C1c1nc2ccc(-c3cc4ccc3CCc3ccc(c(-c5ccc6nc(C7C8CCCC8CN7C(=O)C(CCSC)NC(=O)OC)[nH]c6c5)c3)CC4)cc2[nH]1. The summed E-state index contributed by atoms with van der Waals surface area (Å²) in [6.07, 6.45) is 14.0. The number of hydrogen-bond donors (Lipinski definition) is 4. The van der Waals surface area contributed by atoms with Gasteiger partial charge in [-0.3, -0.25) is 9.59 Å². The number of likely N-dealkylation sites (tertiary alicyclic amines) is 2. The fourth-order valence-electron chi connectivity index (χ4n) is 13.3. The molecule has 4 heterocycles. The Kier molecular flexibility index (Phi) is 14.7. The zero-order valence-corrected chi connectivity index (χ0v) is 44.5. The van der Waals surface area contributed by atoms with E-state index in [9.17, 15) is 19.2 Å². The number of thioether (sulfide) groups is 2. The Balaban J connectivity index is 0.842. The number of rotatable bonds is 14. The first-order chi connectivity index (χ1) is 36.1. The van der Waals surface area contributed by atoms with Gasteiger partial charge in [0.15, 0.2) is 0 Å². The molecule has 8 unspecified atom stereocenters. The number of carbonyl (C=O) groups is 4. The molecule has 388 valence electrons. The molecule has 4 bridgehead atoms. The number of aryl methyl sites for hydroxylation is 4. The normalized spacial score (nSPS) is 22.9. The summed E-state index contributed by atoms with van der Waals surface area (Å²) in [5.41, 5.74) is 13.6. The van der Waals surface area contributed by atoms with E-state index in [0.717, 1.165) is 121 Å². The van der Waals surface area contributed by atoms with Crippen molar-refractivity contribution in [2.45, 2.75) is 101 Å². The van der Waals surface area contributed by atoms with E-state index in [2.05, 4.69) is 93.4 Å². The number of amides is 4. The van der Waals surface area contributed by atoms with E-state index in [4.69, 9.17) is 19.4 Å². The fourth-order valence-corrected chi connectivity index (χ4v) is 14.3. The molecule has 2 aliphatic heterocycles. The van der Waals surface area contributed by atoms with Crippen LogP contribution in [0.25, 0.3) is 44.3 Å². The van der Waals surface area contributed by atoms with Crippen LogP contribution >= 0.6 is 23.5 Å². The van der Waals surface area contributed by atoms with Crippen LogP contribution in [0.4, 0.5) is 9.59 Å². The van der Waals surface area contributed by atoms with Gasteiger partial charge in [0.1, 0.15) is 23.7 Å². The lowest BCUT2D eigenvalue weighted by Gasteiger charge is -2.30. The first-order valence-electron chi connectivity index (χ1n) is 26.6. The van der Waals surface area contributed by atoms with Crippen LogP contribution in [0.15, 0.2) is 72.8 Å². The van der Waals surface area contributed by atoms with Crippen LogP contribution in [0.3, 0.4) is 0 Å². The molecular weight excluding hydrogens is 969 g/mol. The minimum absolute atomic E-state index is 0.0679. The third-order valence-corrected chi connectivity index (χ3v) is 18.3. The summed E-state index contributed by atoms with van der Waals surface area (Å²) in [7, 11) is 2.67. The maximum atomic E-state index is 14.3. The monoisotopic (exact) mass is 1040 g/mol. The molecule has 14 rings (SSSR count). The van der Waals surface area contributed by atoms with Gasteiger partial charge < -0.3 is 39.9 Å². The molecule has 16 heteroatoms. The Morgan fingerprint density at radius 1 is 0.608 bits per heavy atom. The van der Waals surface area contributed by atoms with Crippen molar-refractivity contribution < 1.29 is 28.7 Å². The van der Waals surface area contributed by atoms with E-state index in [1.807, 2.05) is 22.3 Å². The van der Waals surface area contributed by atoms with Gasteiger partial charge in [-0.1, -0.05) is 61.4 Å². The number of alkyl carbamates (subject to hydrolysis) is 2. The van der Waals surface area contributed by atoms with E-state index in [1.54, 1.807) is 23.5 Å². The van der Waals surface area contributed by atoms with Gasteiger partial charge in [-0.25, -0.2) is 19.6 Å². The smallest absolute Gasteiger partial charge is 0.407 e. The van der Waals surface area contributed by atoms with Crippen molar-refractivity contribution in [1.82, 2.24) is 40.4 Å². The number of aromatic amines is 2. The zero-order chi connectivity index (χ0) is 51.0. The summed E-state index contributed by atoms with van der Waals surface area (Å²) < 4.78 is 9.85. The van der Waals surface area contributed by atoms with E-state index in [-0.39, 0.29) is 23.9 Å². The van der Waals surface area contributed by atoms with Crippen LogP contribution in [-0.4, -0.2) is 117 Å². The number of fused-ring (bicyclic) bond motifs is 4. The summed E-state index contributed by atoms with van der Waals surface area (Å²) in [5.74, 6) is 4.44. The molecule has 2 saturated heterocycles. The molecule has 2 aromatic heterocycles. The molecule has 8 aliphatic rings. The number of methoxy groups -OCH3 is 2. The quantitative estimate of drug-likeness (QED) is 0.0822. The van der Waals surface area contributed by atoms with Crippen molar-refractivity contribution in [2.24, 2.45) is 23.7 Å². The average Bonchev–Trinajstić information content (AvgIpc) is 4.29. The molecule has 8 atom stereocenters. The van der Waals surface area contributed by atoms with Crippen molar-refractivity contribution in [3.63, 3.8) is 0 Å². The Labute approximate surface area is 441 Å². The van der Waals surface area contributed by atoms with Crippen molar-refractivity contribution >= 4 is 69.6 Å². The maximum Gasteiger partial charge on any atom is 0.407 e. The van der Waals surface area contributed by atoms with Gasteiger partial charge in [-0.05, 0) is 181 Å². The van der Waals surface area contributed by atoms with Gasteiger partial charge in [-0.2, -0.15) is 23.5 Å². The maximum absolute atomic E-state index is 14.3. The first-order valence-corrected chi connectivity index (χ1v) is 29.4. The number of nitrogens with one attached hydrogen (secondary N) is 4. The number of hydrogen-bond acceptors (Lipinski definition) is 10. The van der Waals surface area contributed by atoms with Crippen molar-refractivity contribution in [3.8, 4) is 22.3 Å². The first kappa shape index (κ1) is 50.2.